The van der Waals surface area contributed by atoms with Crippen LogP contribution in [0.4, 0.5) is 15.8 Å². The molecule has 2 heterocycles. The van der Waals surface area contributed by atoms with Gasteiger partial charge in [0.05, 0.1) is 18.3 Å². The maximum atomic E-state index is 15.5. The fraction of sp³-hybridized carbons (Fsp3) is 0.481. The largest absolute Gasteiger partial charge is 0.396 e. The summed E-state index contributed by atoms with van der Waals surface area (Å²) in [5.41, 5.74) is -0.626. The van der Waals surface area contributed by atoms with E-state index in [1.165, 1.54) is 20.8 Å². The Bertz CT molecular complexity index is 1100. The van der Waals surface area contributed by atoms with Crippen LogP contribution in [0, 0.1) is 11.8 Å². The van der Waals surface area contributed by atoms with Crippen molar-refractivity contribution in [3.05, 3.63) is 59.7 Å². The molecular weight excluding hydrogens is 451 g/mol. The Hall–Kier alpha value is -2.81. The Morgan fingerprint density at radius 1 is 1.26 bits per heavy atom. The number of carbonyl (C=O) groups excluding carboxylic acids is 2. The van der Waals surface area contributed by atoms with E-state index in [9.17, 15) is 19.8 Å². The van der Waals surface area contributed by atoms with Crippen LogP contribution < -0.4 is 10.2 Å². The van der Waals surface area contributed by atoms with E-state index in [4.69, 9.17) is 4.74 Å². The number of aliphatic hydroxyl groups excluding tert-OH is 2. The minimum atomic E-state index is -1.66. The Labute approximate surface area is 204 Å². The molecule has 188 valence electrons. The van der Waals surface area contributed by atoms with Crippen LogP contribution in [0.15, 0.2) is 48.5 Å². The number of fused-ring (bicyclic) bond motifs is 2. The Balaban J connectivity index is 1.84. The van der Waals surface area contributed by atoms with Crippen molar-refractivity contribution in [3.8, 4) is 0 Å². The van der Waals surface area contributed by atoms with Gasteiger partial charge in [0.1, 0.15) is 11.8 Å². The maximum Gasteiger partial charge on any atom is 0.264 e. The molecule has 1 spiro atoms. The SMILES string of the molecule is C[C@H](O)C(=O)Nc1ccc2c(c1)[C@@]1(O[C@H](CCO)[C@@H](C(C)(C)F)[C@@H]1C)C(=O)N2Cc1ccccc1. The van der Waals surface area contributed by atoms with Crippen molar-refractivity contribution in [1.82, 2.24) is 0 Å². The second-order valence-electron chi connectivity index (χ2n) is 10.1. The van der Waals surface area contributed by atoms with E-state index in [-0.39, 0.29) is 18.9 Å². The molecule has 0 aromatic heterocycles. The normalized spacial score (nSPS) is 26.8. The summed E-state index contributed by atoms with van der Waals surface area (Å²) >= 11 is 0. The lowest BCUT2D eigenvalue weighted by atomic mass is 9.71. The number of hydrogen-bond acceptors (Lipinski definition) is 5. The topological polar surface area (TPSA) is 99.1 Å². The lowest BCUT2D eigenvalue weighted by Crippen LogP contribution is -2.45. The molecule has 2 aromatic carbocycles. The second kappa shape index (κ2) is 9.33. The molecule has 2 aliphatic heterocycles. The first-order valence-corrected chi connectivity index (χ1v) is 12.0. The zero-order valence-corrected chi connectivity index (χ0v) is 20.5. The van der Waals surface area contributed by atoms with E-state index in [1.54, 1.807) is 23.1 Å². The van der Waals surface area contributed by atoms with Crippen molar-refractivity contribution in [1.29, 1.82) is 0 Å². The van der Waals surface area contributed by atoms with E-state index in [0.717, 1.165) is 5.56 Å². The molecule has 2 amide bonds. The van der Waals surface area contributed by atoms with Crippen molar-refractivity contribution in [2.45, 2.75) is 64.1 Å². The predicted molar refractivity (Wildman–Crippen MR) is 130 cm³/mol. The first-order valence-electron chi connectivity index (χ1n) is 12.0. The average Bonchev–Trinajstić information content (AvgIpc) is 3.22. The number of ether oxygens (including phenoxy) is 1. The molecule has 7 nitrogen and oxygen atoms in total. The number of alkyl halides is 1. The monoisotopic (exact) mass is 484 g/mol. The van der Waals surface area contributed by atoms with Crippen LogP contribution in [0.1, 0.15) is 45.2 Å². The number of benzene rings is 2. The summed E-state index contributed by atoms with van der Waals surface area (Å²) in [7, 11) is 0. The van der Waals surface area contributed by atoms with Gasteiger partial charge >= 0.3 is 0 Å². The van der Waals surface area contributed by atoms with Crippen molar-refractivity contribution >= 4 is 23.2 Å². The molecule has 8 heteroatoms. The minimum absolute atomic E-state index is 0.195. The van der Waals surface area contributed by atoms with Gasteiger partial charge in [0.15, 0.2) is 5.60 Å². The molecule has 4 rings (SSSR count). The average molecular weight is 485 g/mol. The number of nitrogens with one attached hydrogen (secondary N) is 1. The van der Waals surface area contributed by atoms with E-state index in [0.29, 0.717) is 23.5 Å². The number of aliphatic hydroxyl groups is 2. The predicted octanol–water partition coefficient (Wildman–Crippen LogP) is 3.53. The third-order valence-corrected chi connectivity index (χ3v) is 7.20. The number of hydrogen-bond donors (Lipinski definition) is 3. The summed E-state index contributed by atoms with van der Waals surface area (Å²) in [6.07, 6.45) is -1.68. The third kappa shape index (κ3) is 4.35. The number of anilines is 2. The van der Waals surface area contributed by atoms with Crippen molar-refractivity contribution < 1.29 is 28.9 Å². The van der Waals surface area contributed by atoms with Crippen LogP contribution in [0.5, 0.6) is 0 Å². The van der Waals surface area contributed by atoms with E-state index >= 15 is 4.39 Å². The van der Waals surface area contributed by atoms with E-state index in [2.05, 4.69) is 5.32 Å². The summed E-state index contributed by atoms with van der Waals surface area (Å²) < 4.78 is 21.9. The maximum absolute atomic E-state index is 15.5. The molecule has 0 bridgehead atoms. The molecule has 2 aliphatic rings. The van der Waals surface area contributed by atoms with Gasteiger partial charge in [-0.15, -0.1) is 0 Å². The van der Waals surface area contributed by atoms with Gasteiger partial charge in [0.25, 0.3) is 11.8 Å². The Kier molecular flexibility index (Phi) is 6.74. The van der Waals surface area contributed by atoms with Crippen molar-refractivity contribution in [3.63, 3.8) is 0 Å². The van der Waals surface area contributed by atoms with Crippen molar-refractivity contribution in [2.24, 2.45) is 11.8 Å². The molecular formula is C27H33FN2O5. The molecule has 1 saturated heterocycles. The van der Waals surface area contributed by atoms with Gasteiger partial charge in [-0.1, -0.05) is 37.3 Å². The van der Waals surface area contributed by atoms with Gasteiger partial charge in [-0.25, -0.2) is 4.39 Å². The molecule has 0 aliphatic carbocycles. The first kappa shape index (κ1) is 25.3. The summed E-state index contributed by atoms with van der Waals surface area (Å²) in [6.45, 7) is 6.24. The first-order chi connectivity index (χ1) is 16.5. The Morgan fingerprint density at radius 3 is 2.54 bits per heavy atom. The summed E-state index contributed by atoms with van der Waals surface area (Å²) in [5.74, 6) is -2.06. The van der Waals surface area contributed by atoms with Crippen LogP contribution >= 0.6 is 0 Å². The number of rotatable bonds is 7. The fourth-order valence-electron chi connectivity index (χ4n) is 5.69. The Morgan fingerprint density at radius 2 is 1.94 bits per heavy atom. The van der Waals surface area contributed by atoms with Gasteiger partial charge < -0.3 is 25.2 Å². The fourth-order valence-corrected chi connectivity index (χ4v) is 5.69. The summed E-state index contributed by atoms with van der Waals surface area (Å²) in [4.78, 5) is 27.9. The van der Waals surface area contributed by atoms with E-state index in [1.807, 2.05) is 37.3 Å². The highest BCUT2D eigenvalue weighted by atomic mass is 19.1. The molecule has 1 fully saturated rings. The number of nitrogens with zero attached hydrogens (tertiary/aromatic N) is 1. The lowest BCUT2D eigenvalue weighted by Gasteiger charge is -2.32. The number of carbonyl (C=O) groups is 2. The quantitative estimate of drug-likeness (QED) is 0.559. The van der Waals surface area contributed by atoms with Gasteiger partial charge in [-0.3, -0.25) is 9.59 Å². The van der Waals surface area contributed by atoms with Crippen LogP contribution in [0.2, 0.25) is 0 Å². The molecule has 0 saturated carbocycles. The molecule has 2 aromatic rings. The van der Waals surface area contributed by atoms with Gasteiger partial charge in [-0.05, 0) is 51.0 Å². The zero-order chi connectivity index (χ0) is 25.5. The van der Waals surface area contributed by atoms with Crippen LogP contribution in [0.25, 0.3) is 0 Å². The number of halogens is 1. The highest BCUT2D eigenvalue weighted by Crippen LogP contribution is 2.58. The molecule has 3 N–H and O–H groups in total. The van der Waals surface area contributed by atoms with Crippen LogP contribution in [0.3, 0.4) is 0 Å². The minimum Gasteiger partial charge on any atom is -0.396 e. The molecule has 35 heavy (non-hydrogen) atoms. The molecule has 0 unspecified atom stereocenters. The standard InChI is InChI=1S/C27H33FN2O5/c1-16-23(26(3,4)28)22(12-13-31)35-27(16)20-14-19(29-24(33)17(2)32)10-11-21(20)30(25(27)34)15-18-8-6-5-7-9-18/h5-11,14,16-17,22-23,31-32H,12-13,15H2,1-4H3,(H,29,33)/t16-,17-,22+,23-,27+/m0/s1. The zero-order valence-electron chi connectivity index (χ0n) is 20.5. The second-order valence-corrected chi connectivity index (χ2v) is 10.1. The van der Waals surface area contributed by atoms with E-state index < -0.39 is 41.2 Å². The highest BCUT2D eigenvalue weighted by Gasteiger charge is 2.66. The summed E-state index contributed by atoms with van der Waals surface area (Å²) in [6, 6.07) is 14.6. The third-order valence-electron chi connectivity index (χ3n) is 7.20. The van der Waals surface area contributed by atoms with Crippen LogP contribution in [-0.4, -0.2) is 46.5 Å². The summed E-state index contributed by atoms with van der Waals surface area (Å²) in [5, 5.41) is 21.9. The molecule has 5 atom stereocenters. The lowest BCUT2D eigenvalue weighted by molar-refractivity contribution is -0.146. The van der Waals surface area contributed by atoms with Crippen molar-refractivity contribution in [2.75, 3.05) is 16.8 Å². The van der Waals surface area contributed by atoms with Gasteiger partial charge in [-0.2, -0.15) is 0 Å². The van der Waals surface area contributed by atoms with Gasteiger partial charge in [0.2, 0.25) is 0 Å². The number of amides is 2. The van der Waals surface area contributed by atoms with Crippen LogP contribution in [-0.2, 0) is 26.5 Å². The molecule has 0 radical (unpaired) electrons. The smallest absolute Gasteiger partial charge is 0.264 e. The highest BCUT2D eigenvalue weighted by molar-refractivity contribution is 6.08. The van der Waals surface area contributed by atoms with Gasteiger partial charge in [0, 0.05) is 29.7 Å².